The standard InChI is InChI=1S/C11H18ClN3/c1-2-3-11(7-13-10-4-5-10)15-8-9(12)6-14-15/h6,8,10-11,13H,2-5,7H2,1H3. The Morgan fingerprint density at radius 3 is 3.00 bits per heavy atom. The molecule has 0 aromatic carbocycles. The van der Waals surface area contributed by atoms with Crippen molar-refractivity contribution >= 4 is 11.6 Å². The highest BCUT2D eigenvalue weighted by atomic mass is 35.5. The Morgan fingerprint density at radius 2 is 2.47 bits per heavy atom. The fourth-order valence-electron chi connectivity index (χ4n) is 1.77. The van der Waals surface area contributed by atoms with Gasteiger partial charge in [-0.3, -0.25) is 4.68 Å². The van der Waals surface area contributed by atoms with Crippen LogP contribution in [-0.2, 0) is 0 Å². The minimum absolute atomic E-state index is 0.447. The van der Waals surface area contributed by atoms with Gasteiger partial charge in [0.25, 0.3) is 0 Å². The Hall–Kier alpha value is -0.540. The number of nitrogens with zero attached hydrogens (tertiary/aromatic N) is 2. The topological polar surface area (TPSA) is 29.9 Å². The highest BCUT2D eigenvalue weighted by Crippen LogP contribution is 2.21. The Balaban J connectivity index is 1.91. The van der Waals surface area contributed by atoms with E-state index in [1.807, 2.05) is 10.9 Å². The van der Waals surface area contributed by atoms with E-state index in [2.05, 4.69) is 17.3 Å². The van der Waals surface area contributed by atoms with Gasteiger partial charge in [-0.05, 0) is 19.3 Å². The summed E-state index contributed by atoms with van der Waals surface area (Å²) in [6.07, 6.45) is 8.61. The average Bonchev–Trinajstić information content (AvgIpc) is 2.95. The van der Waals surface area contributed by atoms with Gasteiger partial charge in [0.15, 0.2) is 0 Å². The molecule has 0 saturated heterocycles. The quantitative estimate of drug-likeness (QED) is 0.810. The van der Waals surface area contributed by atoms with Gasteiger partial charge in [0, 0.05) is 18.8 Å². The molecule has 84 valence electrons. The fraction of sp³-hybridized carbons (Fsp3) is 0.727. The molecule has 1 N–H and O–H groups in total. The number of halogens is 1. The Morgan fingerprint density at radius 1 is 1.67 bits per heavy atom. The normalized spacial score (nSPS) is 18.0. The van der Waals surface area contributed by atoms with E-state index in [1.165, 1.54) is 19.3 Å². The van der Waals surface area contributed by atoms with E-state index < -0.39 is 0 Å². The second kappa shape index (κ2) is 4.99. The molecule has 0 radical (unpaired) electrons. The van der Waals surface area contributed by atoms with Crippen LogP contribution in [0.15, 0.2) is 12.4 Å². The molecule has 1 saturated carbocycles. The molecule has 0 aliphatic heterocycles. The Kier molecular flexibility index (Phi) is 3.65. The Labute approximate surface area is 95.8 Å². The molecule has 4 heteroatoms. The highest BCUT2D eigenvalue weighted by Gasteiger charge is 2.22. The van der Waals surface area contributed by atoms with Gasteiger partial charge in [-0.1, -0.05) is 24.9 Å². The lowest BCUT2D eigenvalue weighted by Crippen LogP contribution is -2.27. The van der Waals surface area contributed by atoms with E-state index >= 15 is 0 Å². The first-order valence-corrected chi connectivity index (χ1v) is 6.10. The maximum Gasteiger partial charge on any atom is 0.0785 e. The Bertz CT molecular complexity index is 307. The van der Waals surface area contributed by atoms with Crippen molar-refractivity contribution in [3.8, 4) is 0 Å². The van der Waals surface area contributed by atoms with Crippen molar-refractivity contribution in [3.63, 3.8) is 0 Å². The van der Waals surface area contributed by atoms with Crippen LogP contribution in [0.4, 0.5) is 0 Å². The van der Waals surface area contributed by atoms with Crippen molar-refractivity contribution in [2.75, 3.05) is 6.54 Å². The first-order valence-electron chi connectivity index (χ1n) is 5.72. The lowest BCUT2D eigenvalue weighted by Gasteiger charge is -2.17. The molecule has 3 nitrogen and oxygen atoms in total. The van der Waals surface area contributed by atoms with Gasteiger partial charge >= 0.3 is 0 Å². The summed E-state index contributed by atoms with van der Waals surface area (Å²) in [7, 11) is 0. The van der Waals surface area contributed by atoms with E-state index in [0.717, 1.165) is 24.0 Å². The first-order chi connectivity index (χ1) is 7.29. The fourth-order valence-corrected chi connectivity index (χ4v) is 1.91. The summed E-state index contributed by atoms with van der Waals surface area (Å²) < 4.78 is 1.99. The average molecular weight is 228 g/mol. The molecule has 1 aromatic rings. The molecule has 1 fully saturated rings. The molecular formula is C11H18ClN3. The summed E-state index contributed by atoms with van der Waals surface area (Å²) in [5.74, 6) is 0. The maximum atomic E-state index is 5.88. The SMILES string of the molecule is CCCC(CNC1CC1)n1cc(Cl)cn1. The molecule has 2 rings (SSSR count). The summed E-state index contributed by atoms with van der Waals surface area (Å²) in [5.41, 5.74) is 0. The van der Waals surface area contributed by atoms with Crippen molar-refractivity contribution in [2.24, 2.45) is 0 Å². The van der Waals surface area contributed by atoms with E-state index in [4.69, 9.17) is 11.6 Å². The monoisotopic (exact) mass is 227 g/mol. The minimum atomic E-state index is 0.447. The minimum Gasteiger partial charge on any atom is -0.312 e. The van der Waals surface area contributed by atoms with Crippen LogP contribution in [-0.4, -0.2) is 22.4 Å². The zero-order valence-corrected chi connectivity index (χ0v) is 9.87. The molecule has 1 aliphatic carbocycles. The zero-order chi connectivity index (χ0) is 10.7. The van der Waals surface area contributed by atoms with Gasteiger partial charge in [-0.2, -0.15) is 5.10 Å². The van der Waals surface area contributed by atoms with Crippen LogP contribution in [0, 0.1) is 0 Å². The lowest BCUT2D eigenvalue weighted by atomic mass is 10.1. The second-order valence-electron chi connectivity index (χ2n) is 4.26. The number of aromatic nitrogens is 2. The van der Waals surface area contributed by atoms with Gasteiger partial charge in [-0.25, -0.2) is 0 Å². The van der Waals surface area contributed by atoms with Crippen LogP contribution in [0.25, 0.3) is 0 Å². The lowest BCUT2D eigenvalue weighted by molar-refractivity contribution is 0.394. The van der Waals surface area contributed by atoms with Crippen LogP contribution < -0.4 is 5.32 Å². The smallest absolute Gasteiger partial charge is 0.0785 e. The van der Waals surface area contributed by atoms with Crippen LogP contribution in [0.5, 0.6) is 0 Å². The van der Waals surface area contributed by atoms with Gasteiger partial charge in [0.05, 0.1) is 17.3 Å². The van der Waals surface area contributed by atoms with Crippen molar-refractivity contribution in [3.05, 3.63) is 17.4 Å². The van der Waals surface area contributed by atoms with Gasteiger partial charge < -0.3 is 5.32 Å². The summed E-state index contributed by atoms with van der Waals surface area (Å²) >= 11 is 5.88. The molecule has 1 heterocycles. The third kappa shape index (κ3) is 3.21. The summed E-state index contributed by atoms with van der Waals surface area (Å²) in [6.45, 7) is 3.21. The van der Waals surface area contributed by atoms with E-state index in [1.54, 1.807) is 6.20 Å². The molecule has 1 atom stereocenters. The van der Waals surface area contributed by atoms with Crippen molar-refractivity contribution < 1.29 is 0 Å². The number of hydrogen-bond acceptors (Lipinski definition) is 2. The van der Waals surface area contributed by atoms with Crippen molar-refractivity contribution in [2.45, 2.75) is 44.7 Å². The molecule has 0 spiro atoms. The molecule has 15 heavy (non-hydrogen) atoms. The molecule has 1 aromatic heterocycles. The predicted molar refractivity (Wildman–Crippen MR) is 62.2 cm³/mol. The zero-order valence-electron chi connectivity index (χ0n) is 9.12. The molecule has 0 bridgehead atoms. The van der Waals surface area contributed by atoms with Crippen LogP contribution >= 0.6 is 11.6 Å². The van der Waals surface area contributed by atoms with E-state index in [-0.39, 0.29) is 0 Å². The van der Waals surface area contributed by atoms with E-state index in [9.17, 15) is 0 Å². The van der Waals surface area contributed by atoms with Gasteiger partial charge in [-0.15, -0.1) is 0 Å². The first kappa shape index (κ1) is 11.0. The summed E-state index contributed by atoms with van der Waals surface area (Å²) in [5, 5.41) is 8.55. The van der Waals surface area contributed by atoms with Gasteiger partial charge in [0.1, 0.15) is 0 Å². The van der Waals surface area contributed by atoms with Crippen LogP contribution in [0.2, 0.25) is 5.02 Å². The van der Waals surface area contributed by atoms with Crippen molar-refractivity contribution in [1.29, 1.82) is 0 Å². The van der Waals surface area contributed by atoms with Crippen molar-refractivity contribution in [1.82, 2.24) is 15.1 Å². The molecular weight excluding hydrogens is 210 g/mol. The molecule has 1 unspecified atom stereocenters. The number of hydrogen-bond donors (Lipinski definition) is 1. The maximum absolute atomic E-state index is 5.88. The highest BCUT2D eigenvalue weighted by molar-refractivity contribution is 6.30. The third-order valence-corrected chi connectivity index (χ3v) is 2.98. The van der Waals surface area contributed by atoms with Crippen LogP contribution in [0.1, 0.15) is 38.6 Å². The third-order valence-electron chi connectivity index (χ3n) is 2.79. The summed E-state index contributed by atoms with van der Waals surface area (Å²) in [4.78, 5) is 0. The predicted octanol–water partition coefficient (Wildman–Crippen LogP) is 2.63. The summed E-state index contributed by atoms with van der Waals surface area (Å²) in [6, 6.07) is 1.21. The number of rotatable bonds is 6. The van der Waals surface area contributed by atoms with Crippen LogP contribution in [0.3, 0.4) is 0 Å². The van der Waals surface area contributed by atoms with Gasteiger partial charge in [0.2, 0.25) is 0 Å². The number of nitrogens with one attached hydrogen (secondary N) is 1. The second-order valence-corrected chi connectivity index (χ2v) is 4.70. The largest absolute Gasteiger partial charge is 0.312 e. The van der Waals surface area contributed by atoms with E-state index in [0.29, 0.717) is 6.04 Å². The molecule has 0 amide bonds. The molecule has 1 aliphatic rings.